The Morgan fingerprint density at radius 1 is 1.33 bits per heavy atom. The van der Waals surface area contributed by atoms with Crippen molar-refractivity contribution >= 4 is 10.0 Å². The fraction of sp³-hybridized carbons (Fsp3) is 0.333. The molecule has 1 aliphatic rings. The van der Waals surface area contributed by atoms with E-state index in [-0.39, 0.29) is 24.5 Å². The van der Waals surface area contributed by atoms with E-state index < -0.39 is 15.8 Å². The summed E-state index contributed by atoms with van der Waals surface area (Å²) in [6.45, 7) is 0.922. The molecular weight excluding hydrogens is 297 g/mol. The highest BCUT2D eigenvalue weighted by Crippen LogP contribution is 2.23. The van der Waals surface area contributed by atoms with Crippen LogP contribution in [0, 0.1) is 5.82 Å². The summed E-state index contributed by atoms with van der Waals surface area (Å²) in [5.41, 5.74) is 6.05. The third-order valence-electron chi connectivity index (χ3n) is 3.45. The number of benzene rings is 1. The second-order valence-electron chi connectivity index (χ2n) is 4.75. The first-order valence-electron chi connectivity index (χ1n) is 6.37. The molecule has 2 heterocycles. The van der Waals surface area contributed by atoms with Gasteiger partial charge >= 0.3 is 0 Å². The van der Waals surface area contributed by atoms with Crippen LogP contribution in [-0.4, -0.2) is 34.0 Å². The molecule has 2 aromatic rings. The van der Waals surface area contributed by atoms with Gasteiger partial charge in [-0.05, 0) is 17.7 Å². The predicted octanol–water partition coefficient (Wildman–Crippen LogP) is 0.0804. The summed E-state index contributed by atoms with van der Waals surface area (Å²) in [5, 5.41) is 7.60. The molecule has 0 unspecified atom stereocenters. The number of hydrogen-bond acceptors (Lipinski definition) is 5. The summed E-state index contributed by atoms with van der Waals surface area (Å²) >= 11 is 0. The normalized spacial score (nSPS) is 15.9. The molecule has 0 aliphatic carbocycles. The SMILES string of the molecule is NCc1ccc(F)c(S(=O)(=O)N2CCn3cnnc3C2)c1. The van der Waals surface area contributed by atoms with Gasteiger partial charge in [-0.2, -0.15) is 4.31 Å². The van der Waals surface area contributed by atoms with E-state index in [9.17, 15) is 12.8 Å². The molecule has 2 N–H and O–H groups in total. The number of nitrogens with two attached hydrogens (primary N) is 1. The van der Waals surface area contributed by atoms with Crippen LogP contribution in [-0.2, 0) is 29.7 Å². The van der Waals surface area contributed by atoms with Crippen molar-refractivity contribution in [3.8, 4) is 0 Å². The molecule has 0 amide bonds. The van der Waals surface area contributed by atoms with Gasteiger partial charge in [0.15, 0.2) is 0 Å². The van der Waals surface area contributed by atoms with Gasteiger partial charge in [0.2, 0.25) is 10.0 Å². The van der Waals surface area contributed by atoms with Crippen LogP contribution in [0.15, 0.2) is 29.4 Å². The lowest BCUT2D eigenvalue weighted by molar-refractivity contribution is 0.334. The summed E-state index contributed by atoms with van der Waals surface area (Å²) < 4.78 is 42.1. The minimum atomic E-state index is -3.92. The zero-order valence-electron chi connectivity index (χ0n) is 11.1. The summed E-state index contributed by atoms with van der Waals surface area (Å²) in [4.78, 5) is -0.349. The van der Waals surface area contributed by atoms with Gasteiger partial charge in [-0.15, -0.1) is 10.2 Å². The standard InChI is InChI=1S/C12H14FN5O2S/c13-10-2-1-9(6-14)5-11(10)21(19,20)18-4-3-17-8-15-16-12(17)7-18/h1-2,5,8H,3-4,6-7,14H2. The van der Waals surface area contributed by atoms with Crippen molar-refractivity contribution < 1.29 is 12.8 Å². The second kappa shape index (κ2) is 5.17. The number of sulfonamides is 1. The van der Waals surface area contributed by atoms with Gasteiger partial charge in [0.25, 0.3) is 0 Å². The van der Waals surface area contributed by atoms with Gasteiger partial charge in [-0.25, -0.2) is 12.8 Å². The molecule has 0 radical (unpaired) electrons. The van der Waals surface area contributed by atoms with Crippen LogP contribution >= 0.6 is 0 Å². The Kier molecular flexibility index (Phi) is 3.47. The highest BCUT2D eigenvalue weighted by molar-refractivity contribution is 7.89. The number of fused-ring (bicyclic) bond motifs is 1. The van der Waals surface area contributed by atoms with Crippen molar-refractivity contribution in [2.24, 2.45) is 5.73 Å². The number of halogens is 1. The first-order valence-corrected chi connectivity index (χ1v) is 7.81. The summed E-state index contributed by atoms with van der Waals surface area (Å²) in [7, 11) is -3.92. The fourth-order valence-corrected chi connectivity index (χ4v) is 3.76. The largest absolute Gasteiger partial charge is 0.326 e. The molecule has 0 saturated carbocycles. The maximum absolute atomic E-state index is 13.9. The number of aromatic nitrogens is 3. The summed E-state index contributed by atoms with van der Waals surface area (Å²) in [6.07, 6.45) is 1.55. The molecular formula is C12H14FN5O2S. The van der Waals surface area contributed by atoms with Crippen molar-refractivity contribution in [3.05, 3.63) is 41.7 Å². The highest BCUT2D eigenvalue weighted by atomic mass is 32.2. The van der Waals surface area contributed by atoms with E-state index in [1.807, 2.05) is 0 Å². The van der Waals surface area contributed by atoms with Crippen LogP contribution in [0.25, 0.3) is 0 Å². The monoisotopic (exact) mass is 311 g/mol. The maximum atomic E-state index is 13.9. The Labute approximate surface area is 121 Å². The molecule has 9 heteroatoms. The van der Waals surface area contributed by atoms with Crippen LogP contribution in [0.5, 0.6) is 0 Å². The van der Waals surface area contributed by atoms with Crippen LogP contribution < -0.4 is 5.73 Å². The van der Waals surface area contributed by atoms with E-state index in [2.05, 4.69) is 10.2 Å². The molecule has 0 atom stereocenters. The average molecular weight is 311 g/mol. The highest BCUT2D eigenvalue weighted by Gasteiger charge is 2.31. The first-order chi connectivity index (χ1) is 10.0. The van der Waals surface area contributed by atoms with E-state index in [0.29, 0.717) is 17.9 Å². The van der Waals surface area contributed by atoms with E-state index >= 15 is 0 Å². The van der Waals surface area contributed by atoms with Crippen molar-refractivity contribution in [1.29, 1.82) is 0 Å². The Morgan fingerprint density at radius 2 is 2.14 bits per heavy atom. The lowest BCUT2D eigenvalue weighted by Gasteiger charge is -2.26. The number of rotatable bonds is 3. The molecule has 1 aliphatic heterocycles. The Bertz CT molecular complexity index is 774. The third-order valence-corrected chi connectivity index (χ3v) is 5.31. The quantitative estimate of drug-likeness (QED) is 0.866. The van der Waals surface area contributed by atoms with Gasteiger partial charge in [0.1, 0.15) is 22.9 Å². The molecule has 7 nitrogen and oxygen atoms in total. The van der Waals surface area contributed by atoms with Crippen LogP contribution in [0.3, 0.4) is 0 Å². The lowest BCUT2D eigenvalue weighted by Crippen LogP contribution is -2.38. The molecule has 21 heavy (non-hydrogen) atoms. The predicted molar refractivity (Wildman–Crippen MR) is 71.9 cm³/mol. The van der Waals surface area contributed by atoms with E-state index in [4.69, 9.17) is 5.73 Å². The van der Waals surface area contributed by atoms with Gasteiger partial charge in [-0.3, -0.25) is 0 Å². The Morgan fingerprint density at radius 3 is 2.90 bits per heavy atom. The van der Waals surface area contributed by atoms with Gasteiger partial charge in [-0.1, -0.05) is 6.07 Å². The number of hydrogen-bond donors (Lipinski definition) is 1. The van der Waals surface area contributed by atoms with E-state index in [1.165, 1.54) is 16.4 Å². The lowest BCUT2D eigenvalue weighted by atomic mass is 10.2. The van der Waals surface area contributed by atoms with Gasteiger partial charge in [0.05, 0.1) is 6.54 Å². The zero-order valence-corrected chi connectivity index (χ0v) is 11.9. The molecule has 0 saturated heterocycles. The van der Waals surface area contributed by atoms with Gasteiger partial charge < -0.3 is 10.3 Å². The molecule has 0 spiro atoms. The molecule has 0 bridgehead atoms. The summed E-state index contributed by atoms with van der Waals surface area (Å²) in [5.74, 6) is -0.237. The van der Waals surface area contributed by atoms with Crippen LogP contribution in [0.1, 0.15) is 11.4 Å². The Hall–Kier alpha value is -1.84. The molecule has 112 valence electrons. The van der Waals surface area contributed by atoms with Crippen molar-refractivity contribution in [2.75, 3.05) is 6.54 Å². The molecule has 3 rings (SSSR count). The Balaban J connectivity index is 1.98. The smallest absolute Gasteiger partial charge is 0.246 e. The minimum Gasteiger partial charge on any atom is -0.326 e. The van der Waals surface area contributed by atoms with Crippen molar-refractivity contribution in [3.63, 3.8) is 0 Å². The van der Waals surface area contributed by atoms with E-state index in [1.54, 1.807) is 10.9 Å². The molecule has 1 aromatic heterocycles. The fourth-order valence-electron chi connectivity index (χ4n) is 2.26. The second-order valence-corrected chi connectivity index (χ2v) is 6.65. The van der Waals surface area contributed by atoms with E-state index in [0.717, 1.165) is 6.07 Å². The zero-order chi connectivity index (χ0) is 15.0. The molecule has 1 aromatic carbocycles. The van der Waals surface area contributed by atoms with Crippen LogP contribution in [0.4, 0.5) is 4.39 Å². The maximum Gasteiger partial charge on any atom is 0.246 e. The van der Waals surface area contributed by atoms with Crippen LogP contribution in [0.2, 0.25) is 0 Å². The third kappa shape index (κ3) is 2.43. The van der Waals surface area contributed by atoms with Gasteiger partial charge in [0, 0.05) is 19.6 Å². The topological polar surface area (TPSA) is 94.1 Å². The molecule has 0 fully saturated rings. The average Bonchev–Trinajstić information content (AvgIpc) is 2.95. The minimum absolute atomic E-state index is 0.0780. The number of nitrogens with zero attached hydrogens (tertiary/aromatic N) is 4. The van der Waals surface area contributed by atoms with Crippen molar-refractivity contribution in [2.45, 2.75) is 24.5 Å². The first kappa shape index (κ1) is 14.1. The van der Waals surface area contributed by atoms with Crippen molar-refractivity contribution in [1.82, 2.24) is 19.1 Å². The summed E-state index contributed by atoms with van der Waals surface area (Å²) in [6, 6.07) is 3.88.